The SMILES string of the molecule is COc1cc([C@H]2C3=CC[C@@H]4C(=O)N(c5ccc(Nc6ccccc6)cc5)C(=O)[C@@H]4[C@@H]3C[C@H]3C(=O)N(c4ccc(Nc5ccccc5)cc4)C(=O)[C@@H]23)cc(I)c1O. The molecular weight excluding hydrogens is 819 g/mol. The van der Waals surface area contributed by atoms with Crippen LogP contribution >= 0.6 is 22.6 Å². The summed E-state index contributed by atoms with van der Waals surface area (Å²) in [5, 5.41) is 17.5. The van der Waals surface area contributed by atoms with Gasteiger partial charge in [0, 0.05) is 28.7 Å². The summed E-state index contributed by atoms with van der Waals surface area (Å²) in [7, 11) is 1.47. The minimum Gasteiger partial charge on any atom is -0.504 e. The van der Waals surface area contributed by atoms with Gasteiger partial charge in [-0.1, -0.05) is 48.0 Å². The van der Waals surface area contributed by atoms with Gasteiger partial charge in [-0.2, -0.15) is 0 Å². The molecule has 4 amide bonds. The minimum absolute atomic E-state index is 0.0182. The number of benzene rings is 5. The molecule has 5 aromatic carbocycles. The van der Waals surface area contributed by atoms with Gasteiger partial charge in [0.05, 0.1) is 45.7 Å². The molecule has 9 rings (SSSR count). The number of phenolic OH excluding ortho intramolecular Hbond substituents is 1. The quantitative estimate of drug-likeness (QED) is 0.0806. The van der Waals surface area contributed by atoms with Gasteiger partial charge in [-0.15, -0.1) is 0 Å². The lowest BCUT2D eigenvalue weighted by atomic mass is 9.57. The Kier molecular flexibility index (Phi) is 9.11. The zero-order valence-electron chi connectivity index (χ0n) is 30.3. The first-order chi connectivity index (χ1) is 27.2. The van der Waals surface area contributed by atoms with Crippen LogP contribution in [-0.4, -0.2) is 35.8 Å². The average Bonchev–Trinajstić information content (AvgIpc) is 3.63. The molecule has 10 nitrogen and oxygen atoms in total. The fourth-order valence-electron chi connectivity index (χ4n) is 9.17. The number of amides is 4. The maximum atomic E-state index is 14.7. The third-order valence-corrected chi connectivity index (χ3v) is 12.5. The molecule has 0 unspecified atom stereocenters. The number of fused-ring (bicyclic) bond motifs is 4. The van der Waals surface area contributed by atoms with Crippen LogP contribution in [0.25, 0.3) is 0 Å². The predicted molar refractivity (Wildman–Crippen MR) is 222 cm³/mol. The summed E-state index contributed by atoms with van der Waals surface area (Å²) in [6.07, 6.45) is 2.60. The van der Waals surface area contributed by atoms with Crippen LogP contribution in [0, 0.1) is 33.2 Å². The third-order valence-electron chi connectivity index (χ3n) is 11.7. The number of carbonyl (C=O) groups is 4. The Balaban J connectivity index is 1.06. The molecule has 2 aliphatic carbocycles. The number of carbonyl (C=O) groups excluding carboxylic acids is 4. The van der Waals surface area contributed by atoms with Crippen LogP contribution in [0.15, 0.2) is 133 Å². The summed E-state index contributed by atoms with van der Waals surface area (Å²) in [5.74, 6) is -4.85. The number of phenols is 1. The monoisotopic (exact) mass is 856 g/mol. The van der Waals surface area contributed by atoms with Crippen molar-refractivity contribution >= 4 is 80.3 Å². The van der Waals surface area contributed by atoms with Gasteiger partial charge in [-0.25, -0.2) is 0 Å². The highest BCUT2D eigenvalue weighted by atomic mass is 127. The van der Waals surface area contributed by atoms with E-state index in [1.165, 1.54) is 16.9 Å². The van der Waals surface area contributed by atoms with Crippen molar-refractivity contribution in [2.75, 3.05) is 27.5 Å². The molecule has 0 aromatic heterocycles. The molecule has 6 atom stereocenters. The van der Waals surface area contributed by atoms with Crippen molar-refractivity contribution in [2.24, 2.45) is 29.6 Å². The van der Waals surface area contributed by atoms with E-state index in [-0.39, 0.29) is 41.5 Å². The molecule has 56 heavy (non-hydrogen) atoms. The summed E-state index contributed by atoms with van der Waals surface area (Å²) in [5.41, 5.74) is 5.96. The molecule has 2 heterocycles. The van der Waals surface area contributed by atoms with E-state index in [1.54, 1.807) is 30.3 Å². The predicted octanol–water partition coefficient (Wildman–Crippen LogP) is 8.54. The fraction of sp³-hybridized carbons (Fsp3) is 0.200. The molecular formula is C45H37IN4O6. The summed E-state index contributed by atoms with van der Waals surface area (Å²) in [6.45, 7) is 0. The molecule has 0 bridgehead atoms. The fourth-order valence-corrected chi connectivity index (χ4v) is 9.79. The van der Waals surface area contributed by atoms with Crippen LogP contribution in [0.5, 0.6) is 11.5 Å². The van der Waals surface area contributed by atoms with Crippen LogP contribution in [0.2, 0.25) is 0 Å². The van der Waals surface area contributed by atoms with Crippen molar-refractivity contribution in [1.29, 1.82) is 0 Å². The van der Waals surface area contributed by atoms with E-state index in [4.69, 9.17) is 4.74 Å². The van der Waals surface area contributed by atoms with Crippen molar-refractivity contribution < 1.29 is 29.0 Å². The number of hydrogen-bond donors (Lipinski definition) is 3. The van der Waals surface area contributed by atoms with Gasteiger partial charge >= 0.3 is 0 Å². The number of anilines is 6. The van der Waals surface area contributed by atoms with E-state index in [2.05, 4.69) is 10.6 Å². The topological polar surface area (TPSA) is 128 Å². The van der Waals surface area contributed by atoms with E-state index in [0.29, 0.717) is 26.9 Å². The molecule has 11 heteroatoms. The average molecular weight is 857 g/mol. The number of hydrogen-bond acceptors (Lipinski definition) is 8. The van der Waals surface area contributed by atoms with Crippen molar-refractivity contribution in [2.45, 2.75) is 18.8 Å². The second kappa shape index (κ2) is 14.3. The second-order valence-electron chi connectivity index (χ2n) is 14.7. The van der Waals surface area contributed by atoms with Crippen molar-refractivity contribution in [1.82, 2.24) is 0 Å². The highest BCUT2D eigenvalue weighted by Gasteiger charge is 2.62. The summed E-state index contributed by atoms with van der Waals surface area (Å²) >= 11 is 2.04. The lowest BCUT2D eigenvalue weighted by Crippen LogP contribution is -2.43. The Morgan fingerprint density at radius 2 is 1.12 bits per heavy atom. The molecule has 2 saturated heterocycles. The maximum Gasteiger partial charge on any atom is 0.238 e. The smallest absolute Gasteiger partial charge is 0.238 e. The first kappa shape index (κ1) is 35.7. The zero-order chi connectivity index (χ0) is 38.7. The number of nitrogens with zero attached hydrogens (tertiary/aromatic N) is 2. The van der Waals surface area contributed by atoms with Gasteiger partial charge in [0.2, 0.25) is 23.6 Å². The van der Waals surface area contributed by atoms with Gasteiger partial charge in [-0.3, -0.25) is 29.0 Å². The summed E-state index contributed by atoms with van der Waals surface area (Å²) in [6, 6.07) is 37.4. The van der Waals surface area contributed by atoms with Crippen LogP contribution in [0.1, 0.15) is 24.3 Å². The van der Waals surface area contributed by atoms with Gasteiger partial charge in [0.1, 0.15) is 0 Å². The Morgan fingerprint density at radius 3 is 1.66 bits per heavy atom. The van der Waals surface area contributed by atoms with E-state index < -0.39 is 35.5 Å². The van der Waals surface area contributed by atoms with Crippen LogP contribution in [0.4, 0.5) is 34.1 Å². The van der Waals surface area contributed by atoms with Gasteiger partial charge < -0.3 is 20.5 Å². The molecule has 4 aliphatic rings. The molecule has 3 N–H and O–H groups in total. The lowest BCUT2D eigenvalue weighted by Gasteiger charge is -2.44. The number of nitrogens with one attached hydrogen (secondary N) is 2. The number of ether oxygens (including phenoxy) is 1. The van der Waals surface area contributed by atoms with Gasteiger partial charge in [0.25, 0.3) is 0 Å². The first-order valence-corrected chi connectivity index (χ1v) is 19.7. The number of aromatic hydroxyl groups is 1. The zero-order valence-corrected chi connectivity index (χ0v) is 32.4. The standard InChI is InChI=1S/C45H37IN4O6/c1-56-37-23-25(22-36(46)41(37)51)38-32-20-21-33-39(44(54)49(42(33)52)30-16-12-28(13-17-30)47-26-8-4-2-5-9-26)34(32)24-35-40(38)45(55)50(43(35)53)31-18-14-29(15-19-31)48-27-10-6-3-7-11-27/h2-20,22-23,33-35,38-40,47-48,51H,21,24H2,1H3/t33-,34+,35+,38-,39-,40+/m0/s1. The Bertz CT molecular complexity index is 2400. The Hall–Kier alpha value is -5.95. The van der Waals surface area contributed by atoms with Crippen molar-refractivity contribution in [3.8, 4) is 11.5 Å². The number of halogens is 1. The Labute approximate surface area is 337 Å². The summed E-state index contributed by atoms with van der Waals surface area (Å²) in [4.78, 5) is 60.5. The van der Waals surface area contributed by atoms with Crippen molar-refractivity contribution in [3.05, 3.63) is 142 Å². The van der Waals surface area contributed by atoms with Gasteiger partial charge in [-0.05, 0) is 132 Å². The van der Waals surface area contributed by atoms with Gasteiger partial charge in [0.15, 0.2) is 11.5 Å². The minimum atomic E-state index is -0.762. The number of rotatable bonds is 8. The highest BCUT2D eigenvalue weighted by Crippen LogP contribution is 2.59. The third kappa shape index (κ3) is 6.01. The van der Waals surface area contributed by atoms with E-state index >= 15 is 0 Å². The lowest BCUT2D eigenvalue weighted by molar-refractivity contribution is -0.126. The van der Waals surface area contributed by atoms with Crippen molar-refractivity contribution in [3.63, 3.8) is 0 Å². The van der Waals surface area contributed by atoms with E-state index in [9.17, 15) is 24.3 Å². The summed E-state index contributed by atoms with van der Waals surface area (Å²) < 4.78 is 6.08. The molecule has 0 radical (unpaired) electrons. The largest absolute Gasteiger partial charge is 0.504 e. The maximum absolute atomic E-state index is 14.7. The normalized spacial score (nSPS) is 24.0. The Morgan fingerprint density at radius 1 is 0.625 bits per heavy atom. The van der Waals surface area contributed by atoms with Crippen LogP contribution in [-0.2, 0) is 19.2 Å². The van der Waals surface area contributed by atoms with E-state index in [0.717, 1.165) is 28.3 Å². The molecule has 5 aromatic rings. The number of methoxy groups -OCH3 is 1. The first-order valence-electron chi connectivity index (χ1n) is 18.6. The number of para-hydroxylation sites is 2. The molecule has 1 saturated carbocycles. The molecule has 0 spiro atoms. The van der Waals surface area contributed by atoms with Crippen LogP contribution in [0.3, 0.4) is 0 Å². The highest BCUT2D eigenvalue weighted by molar-refractivity contribution is 14.1. The van der Waals surface area contributed by atoms with Crippen LogP contribution < -0.4 is 25.2 Å². The number of allylic oxidation sites excluding steroid dienone is 2. The molecule has 280 valence electrons. The second-order valence-corrected chi connectivity index (χ2v) is 15.8. The van der Waals surface area contributed by atoms with E-state index in [1.807, 2.05) is 120 Å². The molecule has 3 fully saturated rings. The molecule has 2 aliphatic heterocycles. The number of imide groups is 2.